The molecule has 1 aromatic rings. The Morgan fingerprint density at radius 1 is 1.38 bits per heavy atom. The number of para-hydroxylation sites is 1. The highest BCUT2D eigenvalue weighted by Gasteiger charge is 2.21. The lowest BCUT2D eigenvalue weighted by atomic mass is 9.92. The van der Waals surface area contributed by atoms with Crippen LogP contribution in [-0.2, 0) is 4.74 Å². The second-order valence-electron chi connectivity index (χ2n) is 6.25. The second-order valence-corrected chi connectivity index (χ2v) is 6.25. The monoisotopic (exact) mass is 293 g/mol. The lowest BCUT2D eigenvalue weighted by Gasteiger charge is -2.29. The van der Waals surface area contributed by atoms with Gasteiger partial charge in [-0.1, -0.05) is 19.9 Å². The van der Waals surface area contributed by atoms with Gasteiger partial charge < -0.3 is 20.7 Å². The van der Waals surface area contributed by atoms with E-state index in [1.807, 2.05) is 14.1 Å². The first-order valence-corrected chi connectivity index (χ1v) is 7.21. The predicted molar refractivity (Wildman–Crippen MR) is 87.6 cm³/mol. The fourth-order valence-corrected chi connectivity index (χ4v) is 2.39. The van der Waals surface area contributed by atoms with Crippen LogP contribution in [0.4, 0.5) is 11.4 Å². The largest absolute Gasteiger partial charge is 0.462 e. The molecule has 0 aliphatic rings. The molecule has 0 heterocycles. The van der Waals surface area contributed by atoms with Crippen molar-refractivity contribution in [3.05, 3.63) is 23.8 Å². The molecular weight excluding hydrogens is 266 g/mol. The molecule has 0 radical (unpaired) electrons. The summed E-state index contributed by atoms with van der Waals surface area (Å²) in [5, 5.41) is 3.31. The van der Waals surface area contributed by atoms with Gasteiger partial charge in [-0.3, -0.25) is 0 Å². The molecule has 0 atom stereocenters. The number of rotatable bonds is 7. The molecule has 5 heteroatoms. The van der Waals surface area contributed by atoms with E-state index in [0.29, 0.717) is 30.1 Å². The molecule has 0 aliphatic carbocycles. The van der Waals surface area contributed by atoms with Crippen LogP contribution in [-0.4, -0.2) is 44.7 Å². The minimum absolute atomic E-state index is 0.0533. The van der Waals surface area contributed by atoms with E-state index >= 15 is 0 Å². The first-order chi connectivity index (χ1) is 9.76. The standard InChI is InChI=1S/C16H27N3O2/c1-6-21-15(20)12-8-7-9-13(17)14(12)18-10-16(2,3)11-19(4)5/h7-9,18H,6,10-11,17H2,1-5H3. The van der Waals surface area contributed by atoms with Crippen LogP contribution >= 0.6 is 0 Å². The van der Waals surface area contributed by atoms with Gasteiger partial charge >= 0.3 is 5.97 Å². The van der Waals surface area contributed by atoms with Crippen molar-refractivity contribution in [3.63, 3.8) is 0 Å². The molecule has 0 fully saturated rings. The van der Waals surface area contributed by atoms with E-state index in [1.54, 1.807) is 25.1 Å². The van der Waals surface area contributed by atoms with Gasteiger partial charge in [0.2, 0.25) is 0 Å². The van der Waals surface area contributed by atoms with Crippen molar-refractivity contribution in [1.82, 2.24) is 4.90 Å². The third-order valence-electron chi connectivity index (χ3n) is 3.08. The van der Waals surface area contributed by atoms with Crippen LogP contribution in [0, 0.1) is 5.41 Å². The molecule has 0 spiro atoms. The average molecular weight is 293 g/mol. The number of carbonyl (C=O) groups is 1. The van der Waals surface area contributed by atoms with E-state index in [9.17, 15) is 4.79 Å². The summed E-state index contributed by atoms with van der Waals surface area (Å²) in [6.45, 7) is 8.12. The normalized spacial score (nSPS) is 11.5. The number of nitrogens with one attached hydrogen (secondary N) is 1. The molecule has 5 nitrogen and oxygen atoms in total. The number of esters is 1. The Kier molecular flexibility index (Phi) is 6.03. The number of hydrogen-bond donors (Lipinski definition) is 2. The van der Waals surface area contributed by atoms with Crippen molar-refractivity contribution >= 4 is 17.3 Å². The lowest BCUT2D eigenvalue weighted by Crippen LogP contribution is -2.34. The number of benzene rings is 1. The quantitative estimate of drug-likeness (QED) is 0.597. The highest BCUT2D eigenvalue weighted by atomic mass is 16.5. The van der Waals surface area contributed by atoms with Crippen molar-refractivity contribution < 1.29 is 9.53 Å². The van der Waals surface area contributed by atoms with Gasteiger partial charge in [0.05, 0.1) is 23.5 Å². The molecule has 1 aromatic carbocycles. The molecule has 0 unspecified atom stereocenters. The van der Waals surface area contributed by atoms with Crippen LogP contribution in [0.5, 0.6) is 0 Å². The maximum atomic E-state index is 12.0. The van der Waals surface area contributed by atoms with Gasteiger partial charge in [-0.15, -0.1) is 0 Å². The van der Waals surface area contributed by atoms with E-state index < -0.39 is 0 Å². The van der Waals surface area contributed by atoms with Crippen LogP contribution in [0.3, 0.4) is 0 Å². The molecule has 1 rings (SSSR count). The van der Waals surface area contributed by atoms with Gasteiger partial charge in [-0.2, -0.15) is 0 Å². The van der Waals surface area contributed by atoms with Crippen molar-refractivity contribution in [3.8, 4) is 0 Å². The zero-order valence-corrected chi connectivity index (χ0v) is 13.7. The summed E-state index contributed by atoms with van der Waals surface area (Å²) < 4.78 is 5.08. The Morgan fingerprint density at radius 3 is 2.62 bits per heavy atom. The molecule has 118 valence electrons. The molecule has 0 aliphatic heterocycles. The smallest absolute Gasteiger partial charge is 0.340 e. The van der Waals surface area contributed by atoms with E-state index in [1.165, 1.54) is 0 Å². The number of ether oxygens (including phenoxy) is 1. The second kappa shape index (κ2) is 7.31. The number of nitrogens with zero attached hydrogens (tertiary/aromatic N) is 1. The number of carbonyl (C=O) groups excluding carboxylic acids is 1. The summed E-state index contributed by atoms with van der Waals surface area (Å²) >= 11 is 0. The SMILES string of the molecule is CCOC(=O)c1cccc(N)c1NCC(C)(C)CN(C)C. The molecule has 0 amide bonds. The Labute approximate surface area is 127 Å². The van der Waals surface area contributed by atoms with E-state index in [0.717, 1.165) is 6.54 Å². The van der Waals surface area contributed by atoms with Gasteiger partial charge in [-0.25, -0.2) is 4.79 Å². The van der Waals surface area contributed by atoms with Gasteiger partial charge in [0, 0.05) is 13.1 Å². The summed E-state index contributed by atoms with van der Waals surface area (Å²) in [7, 11) is 4.09. The van der Waals surface area contributed by atoms with Crippen molar-refractivity contribution in [1.29, 1.82) is 0 Å². The first kappa shape index (κ1) is 17.3. The maximum absolute atomic E-state index is 12.0. The van der Waals surface area contributed by atoms with Crippen molar-refractivity contribution in [2.24, 2.45) is 5.41 Å². The van der Waals surface area contributed by atoms with Gasteiger partial charge in [0.1, 0.15) is 0 Å². The van der Waals surface area contributed by atoms with Crippen LogP contribution in [0.1, 0.15) is 31.1 Å². The number of anilines is 2. The molecule has 0 aromatic heterocycles. The molecule has 3 N–H and O–H groups in total. The minimum Gasteiger partial charge on any atom is -0.462 e. The van der Waals surface area contributed by atoms with Crippen LogP contribution in [0.15, 0.2) is 18.2 Å². The first-order valence-electron chi connectivity index (χ1n) is 7.21. The topological polar surface area (TPSA) is 67.6 Å². The van der Waals surface area contributed by atoms with Crippen LogP contribution in [0.25, 0.3) is 0 Å². The average Bonchev–Trinajstić information content (AvgIpc) is 2.35. The van der Waals surface area contributed by atoms with E-state index in [2.05, 4.69) is 24.1 Å². The predicted octanol–water partition coefficient (Wildman–Crippen LogP) is 2.45. The van der Waals surface area contributed by atoms with E-state index in [-0.39, 0.29) is 11.4 Å². The van der Waals surface area contributed by atoms with Gasteiger partial charge in [-0.05, 0) is 38.6 Å². The number of hydrogen-bond acceptors (Lipinski definition) is 5. The zero-order valence-electron chi connectivity index (χ0n) is 13.7. The minimum atomic E-state index is -0.349. The molecule has 0 bridgehead atoms. The summed E-state index contributed by atoms with van der Waals surface area (Å²) in [4.78, 5) is 14.1. The molecule has 0 saturated carbocycles. The fraction of sp³-hybridized carbons (Fsp3) is 0.562. The molecule has 21 heavy (non-hydrogen) atoms. The molecular formula is C16H27N3O2. The number of nitrogen functional groups attached to an aromatic ring is 1. The Hall–Kier alpha value is -1.75. The van der Waals surface area contributed by atoms with Crippen molar-refractivity contribution in [2.75, 3.05) is 44.8 Å². The highest BCUT2D eigenvalue weighted by Crippen LogP contribution is 2.26. The summed E-state index contributed by atoms with van der Waals surface area (Å²) in [5.41, 5.74) is 7.75. The Bertz CT molecular complexity index is 484. The van der Waals surface area contributed by atoms with Crippen molar-refractivity contribution in [2.45, 2.75) is 20.8 Å². The lowest BCUT2D eigenvalue weighted by molar-refractivity contribution is 0.0527. The molecule has 0 saturated heterocycles. The zero-order chi connectivity index (χ0) is 16.0. The summed E-state index contributed by atoms with van der Waals surface area (Å²) in [6, 6.07) is 5.28. The van der Waals surface area contributed by atoms with Crippen LogP contribution in [0.2, 0.25) is 0 Å². The highest BCUT2D eigenvalue weighted by molar-refractivity contribution is 5.98. The fourth-order valence-electron chi connectivity index (χ4n) is 2.39. The van der Waals surface area contributed by atoms with Gasteiger partial charge in [0.15, 0.2) is 0 Å². The van der Waals surface area contributed by atoms with E-state index in [4.69, 9.17) is 10.5 Å². The third kappa shape index (κ3) is 5.27. The maximum Gasteiger partial charge on any atom is 0.340 e. The Balaban J connectivity index is 2.90. The van der Waals surface area contributed by atoms with Crippen LogP contribution < -0.4 is 11.1 Å². The Morgan fingerprint density at radius 2 is 2.05 bits per heavy atom. The summed E-state index contributed by atoms with van der Waals surface area (Å²) in [5.74, 6) is -0.349. The van der Waals surface area contributed by atoms with Gasteiger partial charge in [0.25, 0.3) is 0 Å². The third-order valence-corrected chi connectivity index (χ3v) is 3.08. The number of nitrogens with two attached hydrogens (primary N) is 1. The summed E-state index contributed by atoms with van der Waals surface area (Å²) in [6.07, 6.45) is 0.